The molecule has 100 valence electrons. The number of hydrazine groups is 1. The van der Waals surface area contributed by atoms with E-state index in [-0.39, 0.29) is 11.1 Å². The molecule has 0 amide bonds. The van der Waals surface area contributed by atoms with Gasteiger partial charge in [-0.15, -0.1) is 0 Å². The molecule has 1 atom stereocenters. The van der Waals surface area contributed by atoms with Gasteiger partial charge in [-0.3, -0.25) is 16.3 Å². The lowest BCUT2D eigenvalue weighted by Crippen LogP contribution is -2.30. The van der Waals surface area contributed by atoms with Crippen molar-refractivity contribution < 1.29 is 4.39 Å². The van der Waals surface area contributed by atoms with Crippen LogP contribution in [0.3, 0.4) is 0 Å². The predicted molar refractivity (Wildman–Crippen MR) is 74.2 cm³/mol. The minimum Gasteiger partial charge on any atom is -0.271 e. The van der Waals surface area contributed by atoms with Crippen LogP contribution in [0, 0.1) is 12.7 Å². The summed E-state index contributed by atoms with van der Waals surface area (Å²) in [5, 5.41) is 0.117. The Kier molecular flexibility index (Phi) is 4.47. The van der Waals surface area contributed by atoms with Gasteiger partial charge in [0.1, 0.15) is 5.82 Å². The number of aryl methyl sites for hydroxylation is 1. The van der Waals surface area contributed by atoms with E-state index in [0.717, 1.165) is 16.8 Å². The summed E-state index contributed by atoms with van der Waals surface area (Å²) in [4.78, 5) is 4.34. The van der Waals surface area contributed by atoms with E-state index in [9.17, 15) is 4.39 Å². The van der Waals surface area contributed by atoms with Crippen LogP contribution >= 0.6 is 11.6 Å². The van der Waals surface area contributed by atoms with E-state index in [0.29, 0.717) is 6.42 Å². The fourth-order valence-corrected chi connectivity index (χ4v) is 2.20. The van der Waals surface area contributed by atoms with Gasteiger partial charge in [0, 0.05) is 6.20 Å². The maximum absolute atomic E-state index is 13.1. The number of aromatic nitrogens is 1. The Morgan fingerprint density at radius 3 is 2.84 bits per heavy atom. The zero-order chi connectivity index (χ0) is 13.8. The predicted octanol–water partition coefficient (Wildman–Crippen LogP) is 2.93. The van der Waals surface area contributed by atoms with E-state index in [1.54, 1.807) is 18.3 Å². The molecular weight excluding hydrogens is 265 g/mol. The molecule has 0 saturated heterocycles. The minimum atomic E-state index is -0.420. The van der Waals surface area contributed by atoms with Crippen LogP contribution in [-0.4, -0.2) is 4.98 Å². The second kappa shape index (κ2) is 6.10. The van der Waals surface area contributed by atoms with E-state index < -0.39 is 5.82 Å². The highest BCUT2D eigenvalue weighted by atomic mass is 35.5. The molecule has 0 saturated carbocycles. The Balaban J connectivity index is 2.24. The number of hydrogen-bond acceptors (Lipinski definition) is 3. The zero-order valence-electron chi connectivity index (χ0n) is 10.5. The molecule has 0 bridgehead atoms. The summed E-state index contributed by atoms with van der Waals surface area (Å²) in [5.41, 5.74) is 5.58. The molecule has 1 aromatic carbocycles. The maximum atomic E-state index is 13.1. The SMILES string of the molecule is Cc1cccnc1C(Cc1ccc(F)c(Cl)c1)NN. The summed E-state index contributed by atoms with van der Waals surface area (Å²) in [7, 11) is 0. The molecular formula is C14H15ClFN3. The third kappa shape index (κ3) is 3.29. The average Bonchev–Trinajstić information content (AvgIpc) is 2.41. The number of halogens is 2. The zero-order valence-corrected chi connectivity index (χ0v) is 11.3. The Morgan fingerprint density at radius 1 is 1.42 bits per heavy atom. The van der Waals surface area contributed by atoms with Crippen molar-refractivity contribution in [1.29, 1.82) is 0 Å². The Labute approximate surface area is 116 Å². The van der Waals surface area contributed by atoms with Crippen molar-refractivity contribution in [3.63, 3.8) is 0 Å². The highest BCUT2D eigenvalue weighted by molar-refractivity contribution is 6.30. The van der Waals surface area contributed by atoms with E-state index in [4.69, 9.17) is 17.4 Å². The van der Waals surface area contributed by atoms with E-state index in [1.807, 2.05) is 19.1 Å². The lowest BCUT2D eigenvalue weighted by atomic mass is 10.0. The molecule has 0 fully saturated rings. The molecule has 0 spiro atoms. The molecule has 1 aromatic heterocycles. The van der Waals surface area contributed by atoms with E-state index >= 15 is 0 Å². The highest BCUT2D eigenvalue weighted by Gasteiger charge is 2.14. The van der Waals surface area contributed by atoms with Gasteiger partial charge < -0.3 is 0 Å². The van der Waals surface area contributed by atoms with Crippen molar-refractivity contribution in [3.05, 3.63) is 64.2 Å². The molecule has 0 radical (unpaired) electrons. The second-order valence-electron chi connectivity index (χ2n) is 4.38. The molecule has 0 aliphatic carbocycles. The molecule has 0 aliphatic heterocycles. The fraction of sp³-hybridized carbons (Fsp3) is 0.214. The number of nitrogens with zero attached hydrogens (tertiary/aromatic N) is 1. The van der Waals surface area contributed by atoms with Gasteiger partial charge >= 0.3 is 0 Å². The van der Waals surface area contributed by atoms with Crippen molar-refractivity contribution in [2.75, 3.05) is 0 Å². The average molecular weight is 280 g/mol. The van der Waals surface area contributed by atoms with Crippen LogP contribution in [0.1, 0.15) is 22.9 Å². The molecule has 2 rings (SSSR count). The molecule has 0 aliphatic rings. The quantitative estimate of drug-likeness (QED) is 0.668. The molecule has 5 heteroatoms. The van der Waals surface area contributed by atoms with Crippen molar-refractivity contribution in [2.45, 2.75) is 19.4 Å². The van der Waals surface area contributed by atoms with Crippen LogP contribution in [0.4, 0.5) is 4.39 Å². The Hall–Kier alpha value is -1.49. The van der Waals surface area contributed by atoms with Crippen LogP contribution < -0.4 is 11.3 Å². The number of rotatable bonds is 4. The second-order valence-corrected chi connectivity index (χ2v) is 4.78. The Bertz CT molecular complexity index is 574. The monoisotopic (exact) mass is 279 g/mol. The summed E-state index contributed by atoms with van der Waals surface area (Å²) < 4.78 is 13.1. The molecule has 2 aromatic rings. The Morgan fingerprint density at radius 2 is 2.21 bits per heavy atom. The third-order valence-corrected chi connectivity index (χ3v) is 3.29. The van der Waals surface area contributed by atoms with Gasteiger partial charge in [0.15, 0.2) is 0 Å². The molecule has 19 heavy (non-hydrogen) atoms. The number of nitrogens with two attached hydrogens (primary N) is 1. The standard InChI is InChI=1S/C14H15ClFN3/c1-9-3-2-6-18-14(9)13(19-17)8-10-4-5-12(16)11(15)7-10/h2-7,13,19H,8,17H2,1H3. The molecule has 3 N–H and O–H groups in total. The van der Waals surface area contributed by atoms with Gasteiger partial charge in [-0.25, -0.2) is 4.39 Å². The van der Waals surface area contributed by atoms with Crippen LogP contribution in [0.5, 0.6) is 0 Å². The molecule has 3 nitrogen and oxygen atoms in total. The van der Waals surface area contributed by atoms with Crippen molar-refractivity contribution >= 4 is 11.6 Å². The first kappa shape index (κ1) is 13.9. The summed E-state index contributed by atoms with van der Waals surface area (Å²) in [6.45, 7) is 1.98. The smallest absolute Gasteiger partial charge is 0.141 e. The van der Waals surface area contributed by atoms with Crippen LogP contribution in [0.2, 0.25) is 5.02 Å². The number of benzene rings is 1. The van der Waals surface area contributed by atoms with E-state index in [1.165, 1.54) is 6.07 Å². The number of pyridine rings is 1. The lowest BCUT2D eigenvalue weighted by Gasteiger charge is -2.17. The summed E-state index contributed by atoms with van der Waals surface area (Å²) in [6.07, 6.45) is 2.32. The van der Waals surface area contributed by atoms with Crippen LogP contribution in [0.25, 0.3) is 0 Å². The largest absolute Gasteiger partial charge is 0.271 e. The summed E-state index contributed by atoms with van der Waals surface area (Å²) in [6, 6.07) is 8.38. The van der Waals surface area contributed by atoms with Gasteiger partial charge in [0.25, 0.3) is 0 Å². The van der Waals surface area contributed by atoms with Gasteiger partial charge in [0.2, 0.25) is 0 Å². The molecule has 1 heterocycles. The van der Waals surface area contributed by atoms with Crippen molar-refractivity contribution in [1.82, 2.24) is 10.4 Å². The van der Waals surface area contributed by atoms with Gasteiger partial charge in [-0.05, 0) is 42.7 Å². The fourth-order valence-electron chi connectivity index (χ4n) is 2.00. The topological polar surface area (TPSA) is 50.9 Å². The van der Waals surface area contributed by atoms with Gasteiger partial charge in [0.05, 0.1) is 16.8 Å². The first-order valence-corrected chi connectivity index (χ1v) is 6.31. The van der Waals surface area contributed by atoms with Crippen molar-refractivity contribution in [2.24, 2.45) is 5.84 Å². The summed E-state index contributed by atoms with van der Waals surface area (Å²) >= 11 is 5.78. The van der Waals surface area contributed by atoms with Crippen LogP contribution in [-0.2, 0) is 6.42 Å². The van der Waals surface area contributed by atoms with E-state index in [2.05, 4.69) is 10.4 Å². The first-order chi connectivity index (χ1) is 9.11. The van der Waals surface area contributed by atoms with Gasteiger partial charge in [-0.1, -0.05) is 23.7 Å². The first-order valence-electron chi connectivity index (χ1n) is 5.93. The number of nitrogens with one attached hydrogen (secondary N) is 1. The van der Waals surface area contributed by atoms with Gasteiger partial charge in [-0.2, -0.15) is 0 Å². The highest BCUT2D eigenvalue weighted by Crippen LogP contribution is 2.22. The lowest BCUT2D eigenvalue weighted by molar-refractivity contribution is 0.534. The van der Waals surface area contributed by atoms with Crippen LogP contribution in [0.15, 0.2) is 36.5 Å². The minimum absolute atomic E-state index is 0.117. The third-order valence-electron chi connectivity index (χ3n) is 3.01. The summed E-state index contributed by atoms with van der Waals surface area (Å²) in [5.74, 6) is 5.17. The maximum Gasteiger partial charge on any atom is 0.141 e. The normalized spacial score (nSPS) is 12.4. The number of hydrogen-bond donors (Lipinski definition) is 2. The van der Waals surface area contributed by atoms with Crippen molar-refractivity contribution in [3.8, 4) is 0 Å². The molecule has 1 unspecified atom stereocenters.